The summed E-state index contributed by atoms with van der Waals surface area (Å²) in [5, 5.41) is 3.56. The molecule has 1 rings (SSSR count). The zero-order chi connectivity index (χ0) is 12.1. The van der Waals surface area contributed by atoms with Crippen LogP contribution in [0.2, 0.25) is 0 Å². The first kappa shape index (κ1) is 12.7. The standard InChI is InChI=1S/C10H14N4S2/c1-6-3-4-8(5-7(6)2)12-10(16)14-13-9(11)15/h3-5H,1-2H3,(H3,11,13,15)(H2,12,14,16). The van der Waals surface area contributed by atoms with Crippen LogP contribution in [0.4, 0.5) is 5.69 Å². The van der Waals surface area contributed by atoms with Gasteiger partial charge in [0.25, 0.3) is 0 Å². The van der Waals surface area contributed by atoms with E-state index in [9.17, 15) is 0 Å². The molecule has 0 spiro atoms. The molecule has 0 atom stereocenters. The summed E-state index contributed by atoms with van der Waals surface area (Å²) >= 11 is 9.66. The molecule has 0 saturated carbocycles. The zero-order valence-electron chi connectivity index (χ0n) is 9.13. The molecule has 0 fully saturated rings. The van der Waals surface area contributed by atoms with Crippen LogP contribution in [-0.2, 0) is 0 Å². The molecule has 86 valence electrons. The second-order valence-corrected chi connectivity index (χ2v) is 4.22. The van der Waals surface area contributed by atoms with E-state index in [0.29, 0.717) is 5.11 Å². The second kappa shape index (κ2) is 5.62. The largest absolute Gasteiger partial charge is 0.375 e. The molecule has 0 radical (unpaired) electrons. The number of hydrogen-bond acceptors (Lipinski definition) is 2. The molecule has 1 aromatic rings. The topological polar surface area (TPSA) is 62.1 Å². The summed E-state index contributed by atoms with van der Waals surface area (Å²) in [5.74, 6) is 0. The molecule has 0 aliphatic heterocycles. The van der Waals surface area contributed by atoms with Gasteiger partial charge < -0.3 is 11.1 Å². The van der Waals surface area contributed by atoms with Crippen LogP contribution in [0.5, 0.6) is 0 Å². The van der Waals surface area contributed by atoms with Gasteiger partial charge in [-0.15, -0.1) is 0 Å². The van der Waals surface area contributed by atoms with Gasteiger partial charge in [-0.1, -0.05) is 6.07 Å². The molecule has 6 heteroatoms. The predicted molar refractivity (Wildman–Crippen MR) is 75.2 cm³/mol. The van der Waals surface area contributed by atoms with Gasteiger partial charge in [0.1, 0.15) is 0 Å². The van der Waals surface area contributed by atoms with Crippen LogP contribution >= 0.6 is 24.4 Å². The molecule has 0 aromatic heterocycles. The molecular formula is C10H14N4S2. The highest BCUT2D eigenvalue weighted by Gasteiger charge is 1.99. The van der Waals surface area contributed by atoms with E-state index >= 15 is 0 Å². The maximum Gasteiger partial charge on any atom is 0.189 e. The number of hydrazine groups is 1. The molecule has 0 heterocycles. The van der Waals surface area contributed by atoms with Crippen LogP contribution in [0, 0.1) is 13.8 Å². The van der Waals surface area contributed by atoms with Crippen molar-refractivity contribution in [3.8, 4) is 0 Å². The van der Waals surface area contributed by atoms with Crippen LogP contribution in [0.15, 0.2) is 18.2 Å². The van der Waals surface area contributed by atoms with Gasteiger partial charge in [-0.25, -0.2) is 0 Å². The Labute approximate surface area is 106 Å². The summed E-state index contributed by atoms with van der Waals surface area (Å²) in [4.78, 5) is 0. The molecule has 0 aliphatic carbocycles. The Hall–Kier alpha value is -1.40. The minimum absolute atomic E-state index is 0.143. The van der Waals surface area contributed by atoms with Gasteiger partial charge in [0.05, 0.1) is 0 Å². The van der Waals surface area contributed by atoms with Gasteiger partial charge in [0.15, 0.2) is 10.2 Å². The van der Waals surface area contributed by atoms with E-state index in [0.717, 1.165) is 5.69 Å². The maximum atomic E-state index is 5.25. The molecule has 0 saturated heterocycles. The fourth-order valence-electron chi connectivity index (χ4n) is 1.10. The maximum absolute atomic E-state index is 5.25. The van der Waals surface area contributed by atoms with Crippen LogP contribution < -0.4 is 21.9 Å². The molecule has 0 unspecified atom stereocenters. The van der Waals surface area contributed by atoms with Crippen molar-refractivity contribution in [2.24, 2.45) is 5.73 Å². The Kier molecular flexibility index (Phi) is 4.45. The number of nitrogens with one attached hydrogen (secondary N) is 3. The molecular weight excluding hydrogens is 240 g/mol. The number of rotatable bonds is 1. The third-order valence-electron chi connectivity index (χ3n) is 2.06. The average Bonchev–Trinajstić information content (AvgIpc) is 2.21. The number of benzene rings is 1. The minimum Gasteiger partial charge on any atom is -0.375 e. The molecule has 0 amide bonds. The monoisotopic (exact) mass is 254 g/mol. The molecule has 0 bridgehead atoms. The summed E-state index contributed by atoms with van der Waals surface area (Å²) in [6.07, 6.45) is 0. The fraction of sp³-hybridized carbons (Fsp3) is 0.200. The van der Waals surface area contributed by atoms with Crippen molar-refractivity contribution in [2.45, 2.75) is 13.8 Å². The van der Waals surface area contributed by atoms with E-state index < -0.39 is 0 Å². The third-order valence-corrected chi connectivity index (χ3v) is 2.37. The quantitative estimate of drug-likeness (QED) is 0.448. The summed E-state index contributed by atoms with van der Waals surface area (Å²) in [6, 6.07) is 6.00. The van der Waals surface area contributed by atoms with E-state index in [1.165, 1.54) is 11.1 Å². The van der Waals surface area contributed by atoms with Gasteiger partial charge in [0, 0.05) is 5.69 Å². The number of nitrogens with two attached hydrogens (primary N) is 1. The van der Waals surface area contributed by atoms with Gasteiger partial charge in [-0.2, -0.15) is 0 Å². The number of anilines is 1. The summed E-state index contributed by atoms with van der Waals surface area (Å²) in [6.45, 7) is 4.11. The van der Waals surface area contributed by atoms with Crippen molar-refractivity contribution in [1.82, 2.24) is 10.9 Å². The predicted octanol–water partition coefficient (Wildman–Crippen LogP) is 1.34. The first-order valence-corrected chi connectivity index (χ1v) is 5.50. The Morgan fingerprint density at radius 2 is 1.81 bits per heavy atom. The lowest BCUT2D eigenvalue weighted by Crippen LogP contribution is -2.46. The summed E-state index contributed by atoms with van der Waals surface area (Å²) < 4.78 is 0. The van der Waals surface area contributed by atoms with E-state index in [2.05, 4.69) is 35.3 Å². The highest BCUT2D eigenvalue weighted by atomic mass is 32.1. The number of thiocarbonyl (C=S) groups is 2. The van der Waals surface area contributed by atoms with Crippen molar-refractivity contribution >= 4 is 40.3 Å². The van der Waals surface area contributed by atoms with Crippen LogP contribution in [0.25, 0.3) is 0 Å². The van der Waals surface area contributed by atoms with Gasteiger partial charge in [-0.3, -0.25) is 10.9 Å². The minimum atomic E-state index is 0.143. The zero-order valence-corrected chi connectivity index (χ0v) is 10.8. The van der Waals surface area contributed by atoms with E-state index in [1.807, 2.05) is 25.1 Å². The van der Waals surface area contributed by atoms with Crippen molar-refractivity contribution in [1.29, 1.82) is 0 Å². The Balaban J connectivity index is 2.56. The number of hydrogen-bond donors (Lipinski definition) is 4. The van der Waals surface area contributed by atoms with Crippen LogP contribution in [0.3, 0.4) is 0 Å². The molecule has 1 aromatic carbocycles. The van der Waals surface area contributed by atoms with Gasteiger partial charge in [0.2, 0.25) is 0 Å². The van der Waals surface area contributed by atoms with Crippen molar-refractivity contribution < 1.29 is 0 Å². The van der Waals surface area contributed by atoms with Crippen molar-refractivity contribution in [3.63, 3.8) is 0 Å². The Morgan fingerprint density at radius 3 is 2.38 bits per heavy atom. The fourth-order valence-corrected chi connectivity index (χ4v) is 1.32. The SMILES string of the molecule is Cc1ccc(NC(=S)NNC(N)=S)cc1C. The average molecular weight is 254 g/mol. The lowest BCUT2D eigenvalue weighted by molar-refractivity contribution is 0.879. The Bertz CT molecular complexity index is 417. The van der Waals surface area contributed by atoms with Crippen LogP contribution in [-0.4, -0.2) is 10.2 Å². The third kappa shape index (κ3) is 4.00. The van der Waals surface area contributed by atoms with E-state index in [1.54, 1.807) is 0 Å². The smallest absolute Gasteiger partial charge is 0.189 e. The molecule has 5 N–H and O–H groups in total. The highest BCUT2D eigenvalue weighted by Crippen LogP contribution is 2.13. The number of aryl methyl sites for hydroxylation is 2. The van der Waals surface area contributed by atoms with E-state index in [4.69, 9.17) is 18.0 Å². The second-order valence-electron chi connectivity index (χ2n) is 3.37. The van der Waals surface area contributed by atoms with E-state index in [-0.39, 0.29) is 5.11 Å². The lowest BCUT2D eigenvalue weighted by atomic mass is 10.1. The van der Waals surface area contributed by atoms with Crippen molar-refractivity contribution in [2.75, 3.05) is 5.32 Å². The molecule has 0 aliphatic rings. The van der Waals surface area contributed by atoms with Crippen LogP contribution in [0.1, 0.15) is 11.1 Å². The highest BCUT2D eigenvalue weighted by molar-refractivity contribution is 7.80. The Morgan fingerprint density at radius 1 is 1.12 bits per heavy atom. The first-order valence-electron chi connectivity index (χ1n) is 4.68. The summed E-state index contributed by atoms with van der Waals surface area (Å²) in [7, 11) is 0. The normalized spacial score (nSPS) is 9.38. The first-order chi connectivity index (χ1) is 7.49. The van der Waals surface area contributed by atoms with Gasteiger partial charge in [-0.05, 0) is 61.5 Å². The molecule has 4 nitrogen and oxygen atoms in total. The van der Waals surface area contributed by atoms with Crippen molar-refractivity contribution in [3.05, 3.63) is 29.3 Å². The molecule has 16 heavy (non-hydrogen) atoms. The van der Waals surface area contributed by atoms with Gasteiger partial charge >= 0.3 is 0 Å². The lowest BCUT2D eigenvalue weighted by Gasteiger charge is -2.12. The summed E-state index contributed by atoms with van der Waals surface area (Å²) in [5.41, 5.74) is 13.8.